The molecule has 1 heterocycles. The molecule has 2 fully saturated rings. The molecule has 1 saturated heterocycles. The van der Waals surface area contributed by atoms with E-state index in [9.17, 15) is 14.7 Å². The highest BCUT2D eigenvalue weighted by atomic mass is 16.5. The highest BCUT2D eigenvalue weighted by Gasteiger charge is 2.49. The van der Waals surface area contributed by atoms with E-state index in [1.54, 1.807) is 48.4 Å². The van der Waals surface area contributed by atoms with Crippen LogP contribution in [0.1, 0.15) is 49.3 Å². The molecule has 0 aromatic heterocycles. The zero-order valence-corrected chi connectivity index (χ0v) is 17.8. The van der Waals surface area contributed by atoms with Gasteiger partial charge in [-0.3, -0.25) is 9.59 Å². The van der Waals surface area contributed by atoms with Crippen LogP contribution < -0.4 is 9.47 Å². The van der Waals surface area contributed by atoms with Gasteiger partial charge >= 0.3 is 0 Å². The molecule has 6 nitrogen and oxygen atoms in total. The van der Waals surface area contributed by atoms with Gasteiger partial charge in [-0.25, -0.2) is 0 Å². The SMILES string of the molecule is COc1ccc(C2/C(=C(/O)c3ccccc3OC)C(=O)C(=O)N2C2CCCCC2)cc1. The summed E-state index contributed by atoms with van der Waals surface area (Å²) in [6.07, 6.45) is 4.89. The van der Waals surface area contributed by atoms with Crippen molar-refractivity contribution in [2.45, 2.75) is 44.2 Å². The molecule has 1 N–H and O–H groups in total. The van der Waals surface area contributed by atoms with E-state index >= 15 is 0 Å². The van der Waals surface area contributed by atoms with Gasteiger partial charge in [-0.1, -0.05) is 43.5 Å². The molecule has 2 aromatic carbocycles. The Balaban J connectivity index is 1.88. The number of Topliss-reactive ketones (excluding diaryl/α,β-unsaturated/α-hetero) is 1. The number of amides is 1. The van der Waals surface area contributed by atoms with Gasteiger partial charge in [0.25, 0.3) is 11.7 Å². The van der Waals surface area contributed by atoms with Gasteiger partial charge in [0.1, 0.15) is 17.3 Å². The number of ketones is 1. The summed E-state index contributed by atoms with van der Waals surface area (Å²) >= 11 is 0. The van der Waals surface area contributed by atoms with E-state index in [0.29, 0.717) is 17.1 Å². The van der Waals surface area contributed by atoms with Crippen molar-refractivity contribution in [3.8, 4) is 11.5 Å². The number of likely N-dealkylation sites (tertiary alicyclic amines) is 1. The third-order valence-electron chi connectivity index (χ3n) is 6.24. The first-order valence-corrected chi connectivity index (χ1v) is 10.6. The molecule has 162 valence electrons. The first-order chi connectivity index (χ1) is 15.1. The van der Waals surface area contributed by atoms with Crippen LogP contribution in [0.2, 0.25) is 0 Å². The number of ether oxygens (including phenoxy) is 2. The smallest absolute Gasteiger partial charge is 0.295 e. The Morgan fingerprint density at radius 3 is 2.26 bits per heavy atom. The van der Waals surface area contributed by atoms with Gasteiger partial charge in [-0.05, 0) is 42.7 Å². The molecular weight excluding hydrogens is 394 g/mol. The number of aliphatic hydroxyl groups is 1. The molecule has 4 rings (SSSR count). The normalized spacial score (nSPS) is 21.4. The van der Waals surface area contributed by atoms with Gasteiger partial charge in [0.2, 0.25) is 0 Å². The Kier molecular flexibility index (Phi) is 5.98. The molecule has 1 amide bonds. The molecule has 1 aliphatic carbocycles. The second kappa shape index (κ2) is 8.84. The molecule has 2 aromatic rings. The van der Waals surface area contributed by atoms with Crippen LogP contribution >= 0.6 is 0 Å². The molecule has 0 bridgehead atoms. The van der Waals surface area contributed by atoms with E-state index in [1.807, 2.05) is 12.1 Å². The number of nitrogens with zero attached hydrogens (tertiary/aromatic N) is 1. The summed E-state index contributed by atoms with van der Waals surface area (Å²) in [7, 11) is 3.10. The number of carbonyl (C=O) groups excluding carboxylic acids is 2. The average molecular weight is 421 g/mol. The zero-order valence-electron chi connectivity index (χ0n) is 17.8. The fourth-order valence-corrected chi connectivity index (χ4v) is 4.68. The molecule has 2 aliphatic rings. The average Bonchev–Trinajstić information content (AvgIpc) is 3.09. The van der Waals surface area contributed by atoms with Crippen LogP contribution in [0.4, 0.5) is 0 Å². The summed E-state index contributed by atoms with van der Waals surface area (Å²) in [5.41, 5.74) is 1.26. The van der Waals surface area contributed by atoms with E-state index in [0.717, 1.165) is 37.7 Å². The first kappa shape index (κ1) is 21.0. The minimum absolute atomic E-state index is 0.0275. The predicted octanol–water partition coefficient (Wildman–Crippen LogP) is 4.46. The zero-order chi connectivity index (χ0) is 22.0. The lowest BCUT2D eigenvalue weighted by atomic mass is 9.91. The molecule has 1 unspecified atom stereocenters. The summed E-state index contributed by atoms with van der Waals surface area (Å²) in [6.45, 7) is 0. The van der Waals surface area contributed by atoms with Gasteiger partial charge in [0.05, 0.1) is 31.4 Å². The van der Waals surface area contributed by atoms with Crippen LogP contribution in [0.25, 0.3) is 5.76 Å². The molecule has 31 heavy (non-hydrogen) atoms. The second-order valence-corrected chi connectivity index (χ2v) is 7.97. The van der Waals surface area contributed by atoms with Crippen molar-refractivity contribution in [3.05, 3.63) is 65.2 Å². The van der Waals surface area contributed by atoms with Crippen molar-refractivity contribution < 1.29 is 24.2 Å². The van der Waals surface area contributed by atoms with Crippen molar-refractivity contribution in [2.24, 2.45) is 0 Å². The van der Waals surface area contributed by atoms with Crippen LogP contribution in [0.5, 0.6) is 11.5 Å². The molecule has 1 atom stereocenters. The molecular formula is C25H27NO5. The minimum atomic E-state index is -0.658. The van der Waals surface area contributed by atoms with Crippen molar-refractivity contribution in [2.75, 3.05) is 14.2 Å². The van der Waals surface area contributed by atoms with Crippen molar-refractivity contribution in [3.63, 3.8) is 0 Å². The Bertz CT molecular complexity index is 1000. The highest BCUT2D eigenvalue weighted by molar-refractivity contribution is 6.46. The Morgan fingerprint density at radius 2 is 1.61 bits per heavy atom. The number of carbonyl (C=O) groups is 2. The quantitative estimate of drug-likeness (QED) is 0.438. The lowest BCUT2D eigenvalue weighted by Gasteiger charge is -2.35. The highest BCUT2D eigenvalue weighted by Crippen LogP contribution is 2.44. The van der Waals surface area contributed by atoms with Gasteiger partial charge in [0, 0.05) is 6.04 Å². The van der Waals surface area contributed by atoms with Gasteiger partial charge in [-0.15, -0.1) is 0 Å². The minimum Gasteiger partial charge on any atom is -0.507 e. The third-order valence-corrected chi connectivity index (χ3v) is 6.24. The Hall–Kier alpha value is -3.28. The summed E-state index contributed by atoms with van der Waals surface area (Å²) < 4.78 is 10.6. The van der Waals surface area contributed by atoms with Gasteiger partial charge in [-0.2, -0.15) is 0 Å². The fraction of sp³-hybridized carbons (Fsp3) is 0.360. The number of aliphatic hydroxyl groups excluding tert-OH is 1. The topological polar surface area (TPSA) is 76.1 Å². The Morgan fingerprint density at radius 1 is 0.935 bits per heavy atom. The van der Waals surface area contributed by atoms with Crippen molar-refractivity contribution in [1.29, 1.82) is 0 Å². The van der Waals surface area contributed by atoms with Crippen LogP contribution in [0.3, 0.4) is 0 Å². The van der Waals surface area contributed by atoms with Crippen LogP contribution in [-0.4, -0.2) is 42.0 Å². The van der Waals surface area contributed by atoms with Crippen LogP contribution in [0.15, 0.2) is 54.1 Å². The second-order valence-electron chi connectivity index (χ2n) is 7.97. The molecule has 6 heteroatoms. The lowest BCUT2D eigenvalue weighted by molar-refractivity contribution is -0.141. The number of rotatable bonds is 5. The van der Waals surface area contributed by atoms with E-state index in [-0.39, 0.29) is 17.4 Å². The van der Waals surface area contributed by atoms with E-state index in [1.165, 1.54) is 7.11 Å². The number of hydrogen-bond donors (Lipinski definition) is 1. The van der Waals surface area contributed by atoms with E-state index < -0.39 is 17.7 Å². The lowest BCUT2D eigenvalue weighted by Crippen LogP contribution is -2.40. The largest absolute Gasteiger partial charge is 0.507 e. The monoisotopic (exact) mass is 421 g/mol. The van der Waals surface area contributed by atoms with Crippen LogP contribution in [0, 0.1) is 0 Å². The third kappa shape index (κ3) is 3.78. The van der Waals surface area contributed by atoms with Gasteiger partial charge in [0.15, 0.2) is 0 Å². The van der Waals surface area contributed by atoms with E-state index in [4.69, 9.17) is 9.47 Å². The standard InChI is InChI=1S/C25H27NO5/c1-30-18-14-12-16(13-15-18)22-21(23(27)19-10-6-7-11-20(19)31-2)24(28)25(29)26(22)17-8-4-3-5-9-17/h6-7,10-15,17,22,27H,3-5,8-9H2,1-2H3/b23-21-. The maximum absolute atomic E-state index is 13.2. The fourth-order valence-electron chi connectivity index (χ4n) is 4.68. The molecule has 1 saturated carbocycles. The molecule has 0 radical (unpaired) electrons. The predicted molar refractivity (Wildman–Crippen MR) is 117 cm³/mol. The first-order valence-electron chi connectivity index (χ1n) is 10.6. The summed E-state index contributed by atoms with van der Waals surface area (Å²) in [4.78, 5) is 28.1. The number of benzene rings is 2. The molecule has 0 spiro atoms. The van der Waals surface area contributed by atoms with Gasteiger partial charge < -0.3 is 19.5 Å². The van der Waals surface area contributed by atoms with Crippen LogP contribution in [-0.2, 0) is 9.59 Å². The Labute approximate surface area is 182 Å². The number of methoxy groups -OCH3 is 2. The van der Waals surface area contributed by atoms with E-state index in [2.05, 4.69) is 0 Å². The number of hydrogen-bond acceptors (Lipinski definition) is 5. The van der Waals surface area contributed by atoms with Crippen molar-refractivity contribution >= 4 is 17.4 Å². The summed E-state index contributed by atoms with van der Waals surface area (Å²) in [5.74, 6) is -0.297. The number of para-hydroxylation sites is 1. The summed E-state index contributed by atoms with van der Waals surface area (Å²) in [5, 5.41) is 11.2. The maximum Gasteiger partial charge on any atom is 0.295 e. The van der Waals surface area contributed by atoms with Crippen molar-refractivity contribution in [1.82, 2.24) is 4.90 Å². The summed E-state index contributed by atoms with van der Waals surface area (Å²) in [6, 6.07) is 13.6. The maximum atomic E-state index is 13.2. The molecule has 1 aliphatic heterocycles.